The number of aliphatic hydroxyl groups is 1. The first-order chi connectivity index (χ1) is 11.7. The molecule has 1 aliphatic rings. The number of rotatable bonds is 5. The summed E-state index contributed by atoms with van der Waals surface area (Å²) in [5.74, 6) is 1.32. The predicted molar refractivity (Wildman–Crippen MR) is 93.4 cm³/mol. The van der Waals surface area contributed by atoms with Gasteiger partial charge in [0, 0.05) is 16.5 Å². The van der Waals surface area contributed by atoms with E-state index in [-0.39, 0.29) is 18.6 Å². The van der Waals surface area contributed by atoms with E-state index in [9.17, 15) is 4.79 Å². The summed E-state index contributed by atoms with van der Waals surface area (Å²) in [6.07, 6.45) is 3.97. The van der Waals surface area contributed by atoms with Gasteiger partial charge in [-0.2, -0.15) is 0 Å². The van der Waals surface area contributed by atoms with Crippen LogP contribution in [0.15, 0.2) is 35.7 Å². The first kappa shape index (κ1) is 16.5. The summed E-state index contributed by atoms with van der Waals surface area (Å²) in [6, 6.07) is 7.55. The molecule has 0 spiro atoms. The molecule has 1 atom stereocenters. The van der Waals surface area contributed by atoms with E-state index in [2.05, 4.69) is 5.32 Å². The van der Waals surface area contributed by atoms with Crippen LogP contribution in [0, 0.1) is 0 Å². The second-order valence-corrected chi connectivity index (χ2v) is 6.46. The molecule has 0 bridgehead atoms. The molecule has 0 aliphatic carbocycles. The zero-order valence-corrected chi connectivity index (χ0v) is 14.1. The minimum Gasteiger partial charge on any atom is -0.493 e. The van der Waals surface area contributed by atoms with Crippen molar-refractivity contribution in [3.8, 4) is 11.5 Å². The lowest BCUT2D eigenvalue weighted by molar-refractivity contribution is -0.117. The van der Waals surface area contributed by atoms with Crippen molar-refractivity contribution in [2.45, 2.75) is 19.1 Å². The van der Waals surface area contributed by atoms with Crippen molar-refractivity contribution in [3.05, 3.63) is 51.7 Å². The lowest BCUT2D eigenvalue weighted by Crippen LogP contribution is -2.42. The van der Waals surface area contributed by atoms with Crippen LogP contribution in [-0.2, 0) is 17.8 Å². The van der Waals surface area contributed by atoms with Crippen LogP contribution in [0.5, 0.6) is 11.5 Å². The van der Waals surface area contributed by atoms with Crippen LogP contribution in [0.25, 0.3) is 6.08 Å². The second-order valence-electron chi connectivity index (χ2n) is 5.52. The summed E-state index contributed by atoms with van der Waals surface area (Å²) in [5, 5.41) is 13.9. The summed E-state index contributed by atoms with van der Waals surface area (Å²) in [7, 11) is 1.62. The number of hydrogen-bond acceptors (Lipinski definition) is 5. The summed E-state index contributed by atoms with van der Waals surface area (Å²) in [5.41, 5.74) is 1.88. The maximum Gasteiger partial charge on any atom is 0.244 e. The third-order valence-electron chi connectivity index (χ3n) is 3.78. The molecule has 0 saturated carbocycles. The molecular formula is C18H19NO4S. The average molecular weight is 345 g/mol. The molecule has 1 amide bonds. The number of methoxy groups -OCH3 is 1. The number of amides is 1. The number of aliphatic hydroxyl groups excluding tert-OH is 1. The van der Waals surface area contributed by atoms with Crippen molar-refractivity contribution in [2.24, 2.45) is 0 Å². The molecule has 6 heteroatoms. The van der Waals surface area contributed by atoms with E-state index < -0.39 is 0 Å². The molecule has 0 radical (unpaired) electrons. The Morgan fingerprint density at radius 3 is 3.17 bits per heavy atom. The molecule has 0 saturated heterocycles. The number of benzene rings is 1. The maximum atomic E-state index is 12.1. The van der Waals surface area contributed by atoms with Crippen molar-refractivity contribution < 1.29 is 19.4 Å². The van der Waals surface area contributed by atoms with Gasteiger partial charge in [-0.15, -0.1) is 11.3 Å². The minimum atomic E-state index is -0.158. The number of thiophene rings is 1. The predicted octanol–water partition coefficient (Wildman–Crippen LogP) is 2.38. The molecule has 0 fully saturated rings. The first-order valence-corrected chi connectivity index (χ1v) is 8.53. The Hall–Kier alpha value is -2.31. The lowest BCUT2D eigenvalue weighted by atomic mass is 10.0. The summed E-state index contributed by atoms with van der Waals surface area (Å²) >= 11 is 1.49. The van der Waals surface area contributed by atoms with Crippen LogP contribution < -0.4 is 14.8 Å². The van der Waals surface area contributed by atoms with E-state index in [0.29, 0.717) is 13.0 Å². The third kappa shape index (κ3) is 3.77. The van der Waals surface area contributed by atoms with Crippen LogP contribution >= 0.6 is 11.3 Å². The lowest BCUT2D eigenvalue weighted by Gasteiger charge is -2.26. The number of ether oxygens (including phenoxy) is 2. The van der Waals surface area contributed by atoms with E-state index in [1.165, 1.54) is 17.4 Å². The highest BCUT2D eigenvalue weighted by molar-refractivity contribution is 7.11. The number of carbonyl (C=O) groups excluding carboxylic acids is 1. The number of carbonyl (C=O) groups is 1. The Morgan fingerprint density at radius 1 is 1.54 bits per heavy atom. The Labute approximate surface area is 144 Å². The molecule has 1 unspecified atom stereocenters. The van der Waals surface area contributed by atoms with Gasteiger partial charge in [-0.05, 0) is 35.6 Å². The Balaban J connectivity index is 1.59. The third-order valence-corrected chi connectivity index (χ3v) is 4.72. The standard InChI is InChI=1S/C18H19NO4S/c1-22-16-4-2-3-13-8-14(10-23-18(13)16)19-17(21)6-5-15-7-12(9-20)11-24-15/h2-7,11,14,20H,8-10H2,1H3,(H,19,21)/b6-5+. The highest BCUT2D eigenvalue weighted by Crippen LogP contribution is 2.34. The normalized spacial score (nSPS) is 16.5. The molecule has 24 heavy (non-hydrogen) atoms. The van der Waals surface area contributed by atoms with Crippen molar-refractivity contribution >= 4 is 23.3 Å². The van der Waals surface area contributed by atoms with Crippen LogP contribution in [0.3, 0.4) is 0 Å². The summed E-state index contributed by atoms with van der Waals surface area (Å²) < 4.78 is 11.0. The fraction of sp³-hybridized carbons (Fsp3) is 0.278. The van der Waals surface area contributed by atoms with Gasteiger partial charge in [0.15, 0.2) is 11.5 Å². The van der Waals surface area contributed by atoms with Gasteiger partial charge in [-0.1, -0.05) is 12.1 Å². The van der Waals surface area contributed by atoms with Gasteiger partial charge in [-0.25, -0.2) is 0 Å². The Bertz CT molecular complexity index is 753. The monoisotopic (exact) mass is 345 g/mol. The van der Waals surface area contributed by atoms with Crippen LogP contribution in [0.4, 0.5) is 0 Å². The highest BCUT2D eigenvalue weighted by Gasteiger charge is 2.23. The average Bonchev–Trinajstić information content (AvgIpc) is 3.07. The van der Waals surface area contributed by atoms with Crippen LogP contribution in [-0.4, -0.2) is 30.8 Å². The van der Waals surface area contributed by atoms with E-state index in [1.54, 1.807) is 13.2 Å². The van der Waals surface area contributed by atoms with Crippen molar-refractivity contribution in [3.63, 3.8) is 0 Å². The zero-order chi connectivity index (χ0) is 16.9. The Morgan fingerprint density at radius 2 is 2.42 bits per heavy atom. The molecule has 2 aromatic rings. The van der Waals surface area contributed by atoms with Gasteiger partial charge in [0.05, 0.1) is 19.8 Å². The number of nitrogens with one attached hydrogen (secondary N) is 1. The largest absolute Gasteiger partial charge is 0.493 e. The van der Waals surface area contributed by atoms with Gasteiger partial charge in [0.2, 0.25) is 5.91 Å². The Kier molecular flexibility index (Phi) is 5.17. The SMILES string of the molecule is COc1cccc2c1OCC(NC(=O)/C=C/c1cc(CO)cs1)C2. The van der Waals surface area contributed by atoms with Gasteiger partial charge in [0.1, 0.15) is 6.61 Å². The quantitative estimate of drug-likeness (QED) is 0.817. The summed E-state index contributed by atoms with van der Waals surface area (Å²) in [6.45, 7) is 0.430. The van der Waals surface area contributed by atoms with Gasteiger partial charge in [0.25, 0.3) is 0 Å². The van der Waals surface area contributed by atoms with Gasteiger partial charge < -0.3 is 19.9 Å². The van der Waals surface area contributed by atoms with Crippen molar-refractivity contribution in [2.75, 3.05) is 13.7 Å². The van der Waals surface area contributed by atoms with Crippen molar-refractivity contribution in [1.82, 2.24) is 5.32 Å². The fourth-order valence-corrected chi connectivity index (χ4v) is 3.42. The molecule has 2 N–H and O–H groups in total. The number of fused-ring (bicyclic) bond motifs is 1. The molecule has 2 heterocycles. The van der Waals surface area contributed by atoms with E-state index in [0.717, 1.165) is 27.5 Å². The molecule has 5 nitrogen and oxygen atoms in total. The molecule has 1 aliphatic heterocycles. The molecule has 126 valence electrons. The molecular weight excluding hydrogens is 326 g/mol. The first-order valence-electron chi connectivity index (χ1n) is 7.65. The van der Waals surface area contributed by atoms with Crippen molar-refractivity contribution in [1.29, 1.82) is 0 Å². The fourth-order valence-electron chi connectivity index (χ4n) is 2.62. The maximum absolute atomic E-state index is 12.1. The second kappa shape index (κ2) is 7.51. The van der Waals surface area contributed by atoms with E-state index in [4.69, 9.17) is 14.6 Å². The smallest absolute Gasteiger partial charge is 0.244 e. The van der Waals surface area contributed by atoms with Gasteiger partial charge >= 0.3 is 0 Å². The van der Waals surface area contributed by atoms with E-state index in [1.807, 2.05) is 29.6 Å². The van der Waals surface area contributed by atoms with Crippen LogP contribution in [0.2, 0.25) is 0 Å². The number of hydrogen-bond donors (Lipinski definition) is 2. The topological polar surface area (TPSA) is 67.8 Å². The number of para-hydroxylation sites is 1. The minimum absolute atomic E-state index is 0.0127. The molecule has 3 rings (SSSR count). The van der Waals surface area contributed by atoms with Gasteiger partial charge in [-0.3, -0.25) is 4.79 Å². The van der Waals surface area contributed by atoms with Crippen LogP contribution in [0.1, 0.15) is 16.0 Å². The molecule has 1 aromatic carbocycles. The molecule has 1 aromatic heterocycles. The zero-order valence-electron chi connectivity index (χ0n) is 13.3. The summed E-state index contributed by atoms with van der Waals surface area (Å²) in [4.78, 5) is 13.0. The highest BCUT2D eigenvalue weighted by atomic mass is 32.1. The van der Waals surface area contributed by atoms with E-state index >= 15 is 0 Å².